The number of nitrogens with one attached hydrogen (secondary N) is 1. The van der Waals surface area contributed by atoms with E-state index in [2.05, 4.69) is 27.6 Å². The van der Waals surface area contributed by atoms with Gasteiger partial charge in [-0.15, -0.1) is 0 Å². The second-order valence-corrected chi connectivity index (χ2v) is 6.84. The molecule has 1 aromatic heterocycles. The lowest BCUT2D eigenvalue weighted by atomic mass is 9.92. The number of carbonyl (C=O) groups excluding carboxylic acids is 2. The van der Waals surface area contributed by atoms with Crippen molar-refractivity contribution in [1.82, 2.24) is 15.5 Å². The topological polar surface area (TPSA) is 85.1 Å². The summed E-state index contributed by atoms with van der Waals surface area (Å²) in [7, 11) is 0. The second-order valence-electron chi connectivity index (χ2n) is 6.84. The van der Waals surface area contributed by atoms with E-state index in [0.29, 0.717) is 31.0 Å². The first-order valence-corrected chi connectivity index (χ1v) is 8.92. The molecule has 1 amide bonds. The molecule has 25 heavy (non-hydrogen) atoms. The predicted octanol–water partition coefficient (Wildman–Crippen LogP) is 2.57. The van der Waals surface area contributed by atoms with E-state index in [1.807, 2.05) is 13.0 Å². The maximum absolute atomic E-state index is 12.4. The summed E-state index contributed by atoms with van der Waals surface area (Å²) in [6, 6.07) is 5.91. The summed E-state index contributed by atoms with van der Waals surface area (Å²) in [6.45, 7) is 1.98. The third kappa shape index (κ3) is 3.08. The van der Waals surface area contributed by atoms with E-state index in [9.17, 15) is 9.59 Å². The number of fused-ring (bicyclic) bond motifs is 1. The molecular formula is C19H21N3O3. The molecule has 1 aliphatic carbocycles. The van der Waals surface area contributed by atoms with Crippen LogP contribution in [-0.2, 0) is 22.4 Å². The van der Waals surface area contributed by atoms with Gasteiger partial charge in [0.25, 0.3) is 0 Å². The summed E-state index contributed by atoms with van der Waals surface area (Å²) in [5, 5.41) is 6.80. The fourth-order valence-corrected chi connectivity index (χ4v) is 3.81. The van der Waals surface area contributed by atoms with E-state index in [4.69, 9.17) is 4.52 Å². The second kappa shape index (κ2) is 6.43. The van der Waals surface area contributed by atoms with Gasteiger partial charge < -0.3 is 9.84 Å². The maximum Gasteiger partial charge on any atom is 0.226 e. The molecule has 6 nitrogen and oxygen atoms in total. The van der Waals surface area contributed by atoms with Crippen molar-refractivity contribution in [3.63, 3.8) is 0 Å². The van der Waals surface area contributed by atoms with Crippen LogP contribution in [0.4, 0.5) is 0 Å². The van der Waals surface area contributed by atoms with Crippen molar-refractivity contribution in [3.8, 4) is 11.4 Å². The van der Waals surface area contributed by atoms with Crippen LogP contribution < -0.4 is 5.32 Å². The van der Waals surface area contributed by atoms with E-state index in [1.54, 1.807) is 0 Å². The summed E-state index contributed by atoms with van der Waals surface area (Å²) in [5.74, 6) is 1.64. The van der Waals surface area contributed by atoms with Crippen LogP contribution in [0.1, 0.15) is 55.5 Å². The first-order chi connectivity index (χ1) is 12.1. The summed E-state index contributed by atoms with van der Waals surface area (Å²) < 4.78 is 5.19. The molecule has 0 saturated carbocycles. The number of amides is 1. The Kier molecular flexibility index (Phi) is 4.11. The summed E-state index contributed by atoms with van der Waals surface area (Å²) >= 11 is 0. The minimum atomic E-state index is -0.289. The third-order valence-corrected chi connectivity index (χ3v) is 5.21. The first kappa shape index (κ1) is 16.0. The predicted molar refractivity (Wildman–Crippen MR) is 91.0 cm³/mol. The molecule has 1 N–H and O–H groups in total. The molecule has 2 atom stereocenters. The van der Waals surface area contributed by atoms with Gasteiger partial charge in [0.1, 0.15) is 0 Å². The number of nitrogens with zero attached hydrogens (tertiary/aromatic N) is 2. The molecule has 0 radical (unpaired) electrons. The van der Waals surface area contributed by atoms with E-state index in [1.165, 1.54) is 11.1 Å². The average Bonchev–Trinajstić information content (AvgIpc) is 3.34. The van der Waals surface area contributed by atoms with Gasteiger partial charge in [-0.1, -0.05) is 24.2 Å². The van der Waals surface area contributed by atoms with Gasteiger partial charge >= 0.3 is 0 Å². The Morgan fingerprint density at radius 3 is 2.92 bits per heavy atom. The number of ketones is 1. The molecule has 130 valence electrons. The molecule has 4 rings (SSSR count). The molecule has 1 fully saturated rings. The molecule has 1 aliphatic heterocycles. The average molecular weight is 339 g/mol. The number of rotatable bonds is 5. The van der Waals surface area contributed by atoms with Gasteiger partial charge in [0.05, 0.1) is 6.04 Å². The highest BCUT2D eigenvalue weighted by molar-refractivity contribution is 5.92. The van der Waals surface area contributed by atoms with Crippen LogP contribution in [0, 0.1) is 0 Å². The van der Waals surface area contributed by atoms with Crippen molar-refractivity contribution in [2.75, 3.05) is 0 Å². The zero-order valence-corrected chi connectivity index (χ0v) is 14.2. The normalized spacial score (nSPS) is 22.0. The highest BCUT2D eigenvalue weighted by Crippen LogP contribution is 2.38. The van der Waals surface area contributed by atoms with Crippen LogP contribution in [0.2, 0.25) is 0 Å². The molecule has 2 heterocycles. The van der Waals surface area contributed by atoms with Gasteiger partial charge in [0.15, 0.2) is 5.78 Å². The Morgan fingerprint density at radius 1 is 1.32 bits per heavy atom. The highest BCUT2D eigenvalue weighted by atomic mass is 16.5. The summed E-state index contributed by atoms with van der Waals surface area (Å²) in [4.78, 5) is 28.1. The quantitative estimate of drug-likeness (QED) is 0.905. The highest BCUT2D eigenvalue weighted by Gasteiger charge is 2.31. The minimum absolute atomic E-state index is 0.0126. The van der Waals surface area contributed by atoms with Gasteiger partial charge in [0.2, 0.25) is 17.6 Å². The van der Waals surface area contributed by atoms with Crippen molar-refractivity contribution in [3.05, 3.63) is 35.2 Å². The van der Waals surface area contributed by atoms with E-state index >= 15 is 0 Å². The van der Waals surface area contributed by atoms with Crippen molar-refractivity contribution in [1.29, 1.82) is 0 Å². The number of Topliss-reactive ketones (excluding diaryl/α,β-unsaturated/α-hetero) is 1. The third-order valence-electron chi connectivity index (χ3n) is 5.21. The smallest absolute Gasteiger partial charge is 0.226 e. The Bertz CT molecular complexity index is 827. The zero-order valence-electron chi connectivity index (χ0n) is 14.2. The van der Waals surface area contributed by atoms with Crippen LogP contribution in [0.5, 0.6) is 0 Å². The Labute approximate surface area is 146 Å². The monoisotopic (exact) mass is 339 g/mol. The molecule has 0 unspecified atom stereocenters. The molecule has 0 bridgehead atoms. The van der Waals surface area contributed by atoms with Gasteiger partial charge in [-0.2, -0.15) is 4.98 Å². The van der Waals surface area contributed by atoms with Crippen molar-refractivity contribution >= 4 is 11.7 Å². The first-order valence-electron chi connectivity index (χ1n) is 8.92. The van der Waals surface area contributed by atoms with Crippen LogP contribution in [0.15, 0.2) is 22.7 Å². The molecular weight excluding hydrogens is 318 g/mol. The van der Waals surface area contributed by atoms with Crippen LogP contribution in [0.25, 0.3) is 11.4 Å². The molecule has 2 aromatic rings. The number of aryl methyl sites for hydroxylation is 2. The number of benzene rings is 1. The van der Waals surface area contributed by atoms with Crippen LogP contribution >= 0.6 is 0 Å². The van der Waals surface area contributed by atoms with Gasteiger partial charge in [-0.25, -0.2) is 0 Å². The molecule has 0 spiro atoms. The molecule has 1 saturated heterocycles. The van der Waals surface area contributed by atoms with E-state index in [0.717, 1.165) is 24.8 Å². The van der Waals surface area contributed by atoms with Gasteiger partial charge in [-0.3, -0.25) is 9.59 Å². The van der Waals surface area contributed by atoms with E-state index < -0.39 is 0 Å². The van der Waals surface area contributed by atoms with Gasteiger partial charge in [0, 0.05) is 24.8 Å². The lowest BCUT2D eigenvalue weighted by Gasteiger charge is -2.14. The fourth-order valence-electron chi connectivity index (χ4n) is 3.81. The molecule has 1 aromatic carbocycles. The Balaban J connectivity index is 1.49. The summed E-state index contributed by atoms with van der Waals surface area (Å²) in [5.41, 5.74) is 3.45. The fraction of sp³-hybridized carbons (Fsp3) is 0.474. The van der Waals surface area contributed by atoms with Crippen molar-refractivity contribution < 1.29 is 14.1 Å². The lowest BCUT2D eigenvalue weighted by molar-refractivity contribution is -0.124. The van der Waals surface area contributed by atoms with Crippen LogP contribution in [0.3, 0.4) is 0 Å². The van der Waals surface area contributed by atoms with Gasteiger partial charge in [-0.05, 0) is 42.4 Å². The van der Waals surface area contributed by atoms with Crippen LogP contribution in [-0.4, -0.2) is 27.9 Å². The number of aromatic nitrogens is 2. The Morgan fingerprint density at radius 2 is 2.20 bits per heavy atom. The summed E-state index contributed by atoms with van der Waals surface area (Å²) in [6.07, 6.45) is 4.24. The standard InChI is InChI=1S/C19H21N3O3/c1-2-18-21-19(22-25-18)13-5-6-14-11(9-13)3-4-12(14)10-16(23)15-7-8-17(24)20-15/h5-6,9,12,15H,2-4,7-8,10H2,1H3,(H,20,24)/t12-,15+/m0/s1. The molecule has 6 heteroatoms. The minimum Gasteiger partial charge on any atom is -0.346 e. The van der Waals surface area contributed by atoms with Crippen molar-refractivity contribution in [2.24, 2.45) is 0 Å². The molecule has 2 aliphatic rings. The zero-order chi connectivity index (χ0) is 17.4. The number of hydrogen-bond donors (Lipinski definition) is 1. The lowest BCUT2D eigenvalue weighted by Crippen LogP contribution is -2.33. The number of carbonyl (C=O) groups is 2. The van der Waals surface area contributed by atoms with Crippen molar-refractivity contribution in [2.45, 2.75) is 57.4 Å². The SMILES string of the molecule is CCc1nc(-c2ccc3c(c2)CC[C@H]3CC(=O)[C@H]2CCC(=O)N2)no1. The van der Waals surface area contributed by atoms with E-state index in [-0.39, 0.29) is 23.7 Å². The largest absolute Gasteiger partial charge is 0.346 e. The maximum atomic E-state index is 12.4. The number of hydrogen-bond acceptors (Lipinski definition) is 5. The Hall–Kier alpha value is -2.50.